The van der Waals surface area contributed by atoms with Crippen molar-refractivity contribution in [1.29, 1.82) is 0 Å². The molecule has 5 aliphatic carbocycles. The molecule has 0 saturated heterocycles. The quantitative estimate of drug-likeness (QED) is 0.204. The molecule has 7 heteroatoms. The van der Waals surface area contributed by atoms with Gasteiger partial charge in [0.15, 0.2) is 0 Å². The van der Waals surface area contributed by atoms with Crippen LogP contribution in [-0.4, -0.2) is 13.9 Å². The lowest BCUT2D eigenvalue weighted by atomic mass is 9.33. The van der Waals surface area contributed by atoms with E-state index >= 15 is 0 Å². The normalized spacial score (nSPS) is 47.1. The third-order valence-corrected chi connectivity index (χ3v) is 13.9. The Labute approximate surface area is 221 Å². The van der Waals surface area contributed by atoms with Crippen LogP contribution in [0.5, 0.6) is 0 Å². The van der Waals surface area contributed by atoms with Crippen molar-refractivity contribution in [3.05, 3.63) is 24.0 Å². The molecule has 5 rings (SSSR count). The summed E-state index contributed by atoms with van der Waals surface area (Å²) in [6.45, 7) is 17.8. The van der Waals surface area contributed by atoms with Crippen molar-refractivity contribution in [2.45, 2.75) is 105 Å². The second-order valence-electron chi connectivity index (χ2n) is 14.6. The lowest BCUT2D eigenvalue weighted by molar-refractivity contribution is -0.219. The Morgan fingerprint density at radius 2 is 1.59 bits per heavy atom. The maximum atomic E-state index is 13.1. The second-order valence-corrected chi connectivity index (χ2v) is 16.1. The van der Waals surface area contributed by atoms with Gasteiger partial charge in [-0.3, -0.25) is 0 Å². The Morgan fingerprint density at radius 3 is 2.22 bits per heavy atom. The highest BCUT2D eigenvalue weighted by molar-refractivity contribution is 7.87. The highest BCUT2D eigenvalue weighted by Crippen LogP contribution is 2.76. The van der Waals surface area contributed by atoms with Crippen LogP contribution in [-0.2, 0) is 14.3 Å². The van der Waals surface area contributed by atoms with Gasteiger partial charge < -0.3 is 4.18 Å². The molecule has 4 saturated carbocycles. The number of allylic oxidation sites excluding steroid dienone is 3. The molecular weight excluding hydrogens is 497 g/mol. The van der Waals surface area contributed by atoms with Crippen molar-refractivity contribution < 1.29 is 25.8 Å². The maximum Gasteiger partial charge on any atom is 0.534 e. The molecule has 0 heterocycles. The third-order valence-electron chi connectivity index (χ3n) is 12.9. The average Bonchev–Trinajstić information content (AvgIpc) is 3.20. The summed E-state index contributed by atoms with van der Waals surface area (Å²) in [6.07, 6.45) is 11.6. The van der Waals surface area contributed by atoms with Crippen molar-refractivity contribution >= 4 is 10.1 Å². The molecule has 0 aliphatic heterocycles. The van der Waals surface area contributed by atoms with Crippen LogP contribution in [0.15, 0.2) is 24.0 Å². The lowest BCUT2D eigenvalue weighted by Gasteiger charge is -2.71. The van der Waals surface area contributed by atoms with Crippen LogP contribution < -0.4 is 0 Å². The van der Waals surface area contributed by atoms with Gasteiger partial charge in [0.2, 0.25) is 0 Å². The number of hydrogen-bond donors (Lipinski definition) is 0. The fraction of sp³-hybridized carbons (Fsp3) is 0.867. The largest absolute Gasteiger partial charge is 0.534 e. The summed E-state index contributed by atoms with van der Waals surface area (Å²) < 4.78 is 68.0. The molecule has 9 unspecified atom stereocenters. The van der Waals surface area contributed by atoms with Gasteiger partial charge in [-0.15, -0.1) is 0 Å². The standard InChI is InChI=1S/C30H45F3O3S/c1-18(2)20-9-8-19-12-16-28(6)21(25(19)20)10-11-23-27(5)15-14-24(36-37(34,35)30(31,32)33)26(3,4)22(27)13-17-29(23,28)7/h14,19-23,25H,1,8-13,15-17H2,2-7H3. The first-order chi connectivity index (χ1) is 16.9. The van der Waals surface area contributed by atoms with E-state index in [1.165, 1.54) is 37.7 Å². The Balaban J connectivity index is 1.49. The Morgan fingerprint density at radius 1 is 0.946 bits per heavy atom. The molecule has 3 nitrogen and oxygen atoms in total. The third kappa shape index (κ3) is 3.67. The number of hydrogen-bond acceptors (Lipinski definition) is 3. The van der Waals surface area contributed by atoms with Crippen LogP contribution in [0.3, 0.4) is 0 Å². The molecule has 0 radical (unpaired) electrons. The van der Waals surface area contributed by atoms with Crippen LogP contribution >= 0.6 is 0 Å². The van der Waals surface area contributed by atoms with Gasteiger partial charge in [-0.2, -0.15) is 21.6 Å². The van der Waals surface area contributed by atoms with E-state index in [1.54, 1.807) is 6.08 Å². The first-order valence-corrected chi connectivity index (χ1v) is 15.7. The highest BCUT2D eigenvalue weighted by atomic mass is 32.2. The molecule has 37 heavy (non-hydrogen) atoms. The predicted octanol–water partition coefficient (Wildman–Crippen LogP) is 8.63. The summed E-state index contributed by atoms with van der Waals surface area (Å²) in [6, 6.07) is 0. The molecule has 0 aromatic heterocycles. The van der Waals surface area contributed by atoms with E-state index in [0.717, 1.165) is 31.1 Å². The summed E-state index contributed by atoms with van der Waals surface area (Å²) in [4.78, 5) is 0. The second kappa shape index (κ2) is 8.27. The van der Waals surface area contributed by atoms with Gasteiger partial charge >= 0.3 is 15.6 Å². The van der Waals surface area contributed by atoms with Gasteiger partial charge in [0.05, 0.1) is 0 Å². The van der Waals surface area contributed by atoms with Crippen molar-refractivity contribution in [1.82, 2.24) is 0 Å². The van der Waals surface area contributed by atoms with Gasteiger partial charge in [0, 0.05) is 5.41 Å². The topological polar surface area (TPSA) is 43.4 Å². The minimum absolute atomic E-state index is 0.0356. The number of alkyl halides is 3. The SMILES string of the molecule is C=C(C)C1CCC2CCC3(C)C(CCC4C5(C)CC=C(OS(=O)(=O)C(F)(F)F)C(C)(C)C5CCC43C)C21. The van der Waals surface area contributed by atoms with Crippen molar-refractivity contribution in [3.8, 4) is 0 Å². The van der Waals surface area contributed by atoms with Crippen LogP contribution in [0.2, 0.25) is 0 Å². The van der Waals surface area contributed by atoms with Crippen LogP contribution in [0.25, 0.3) is 0 Å². The van der Waals surface area contributed by atoms with Crippen LogP contribution in [0.4, 0.5) is 13.2 Å². The Hall–Kier alpha value is -0.980. The molecule has 210 valence electrons. The van der Waals surface area contributed by atoms with E-state index in [9.17, 15) is 21.6 Å². The van der Waals surface area contributed by atoms with Gasteiger partial charge in [-0.25, -0.2) is 0 Å². The maximum absolute atomic E-state index is 13.1. The lowest BCUT2D eigenvalue weighted by Crippen LogP contribution is -2.64. The fourth-order valence-corrected chi connectivity index (χ4v) is 11.7. The first-order valence-electron chi connectivity index (χ1n) is 14.3. The van der Waals surface area contributed by atoms with E-state index < -0.39 is 21.0 Å². The molecule has 4 fully saturated rings. The molecular formula is C30H45F3O3S. The number of rotatable bonds is 3. The minimum Gasteiger partial charge on any atom is -0.380 e. The van der Waals surface area contributed by atoms with Crippen molar-refractivity contribution in [3.63, 3.8) is 0 Å². The molecule has 0 bridgehead atoms. The molecule has 0 aromatic carbocycles. The van der Waals surface area contributed by atoms with E-state index in [1.807, 2.05) is 13.8 Å². The van der Waals surface area contributed by atoms with E-state index in [2.05, 4.69) is 34.3 Å². The summed E-state index contributed by atoms with van der Waals surface area (Å²) >= 11 is 0. The molecule has 0 N–H and O–H groups in total. The summed E-state index contributed by atoms with van der Waals surface area (Å²) in [5.74, 6) is 3.35. The molecule has 0 spiro atoms. The zero-order valence-electron chi connectivity index (χ0n) is 23.4. The van der Waals surface area contributed by atoms with Crippen LogP contribution in [0, 0.1) is 57.2 Å². The van der Waals surface area contributed by atoms with E-state index in [4.69, 9.17) is 4.18 Å². The number of fused-ring (bicyclic) bond motifs is 7. The first kappa shape index (κ1) is 27.6. The summed E-state index contributed by atoms with van der Waals surface area (Å²) in [5, 5.41) is 0. The minimum atomic E-state index is -5.68. The smallest absolute Gasteiger partial charge is 0.380 e. The van der Waals surface area contributed by atoms with Crippen molar-refractivity contribution in [2.75, 3.05) is 0 Å². The average molecular weight is 543 g/mol. The Kier molecular flexibility index (Phi) is 6.16. The van der Waals surface area contributed by atoms with E-state index in [-0.39, 0.29) is 27.9 Å². The molecule has 0 aromatic rings. The van der Waals surface area contributed by atoms with Gasteiger partial charge in [-0.1, -0.05) is 46.8 Å². The predicted molar refractivity (Wildman–Crippen MR) is 140 cm³/mol. The van der Waals surface area contributed by atoms with Gasteiger partial charge in [0.1, 0.15) is 5.76 Å². The van der Waals surface area contributed by atoms with Gasteiger partial charge in [0.25, 0.3) is 0 Å². The fourth-order valence-electron chi connectivity index (χ4n) is 11.1. The summed E-state index contributed by atoms with van der Waals surface area (Å²) in [5.41, 5.74) is -4.61. The van der Waals surface area contributed by atoms with Gasteiger partial charge in [-0.05, 0) is 123 Å². The van der Waals surface area contributed by atoms with E-state index in [0.29, 0.717) is 24.2 Å². The number of halogens is 3. The Bertz CT molecular complexity index is 1110. The van der Waals surface area contributed by atoms with Crippen LogP contribution in [0.1, 0.15) is 99.3 Å². The zero-order chi connectivity index (χ0) is 27.4. The molecule has 9 atom stereocenters. The summed E-state index contributed by atoms with van der Waals surface area (Å²) in [7, 11) is -5.68. The van der Waals surface area contributed by atoms with Crippen molar-refractivity contribution in [2.24, 2.45) is 57.2 Å². The zero-order valence-corrected chi connectivity index (χ0v) is 24.2. The monoisotopic (exact) mass is 542 g/mol. The molecule has 5 aliphatic rings. The highest BCUT2D eigenvalue weighted by Gasteiger charge is 2.69. The molecule has 0 amide bonds.